The Labute approximate surface area is 246 Å². The van der Waals surface area contributed by atoms with Crippen molar-refractivity contribution in [3.05, 3.63) is 47.5 Å². The van der Waals surface area contributed by atoms with Crippen molar-refractivity contribution < 1.29 is 23.4 Å². The highest BCUT2D eigenvalue weighted by Gasteiger charge is 2.54. The largest absolute Gasteiger partial charge is 0.491 e. The molecule has 0 bridgehead atoms. The molecule has 0 saturated heterocycles. The number of ether oxygens (including phenoxy) is 1. The minimum absolute atomic E-state index is 0.244. The smallest absolute Gasteiger partial charge is 0.314 e. The molecule has 0 aliphatic heterocycles. The summed E-state index contributed by atoms with van der Waals surface area (Å²) >= 11 is 0. The van der Waals surface area contributed by atoms with Crippen molar-refractivity contribution in [2.45, 2.75) is 135 Å². The summed E-state index contributed by atoms with van der Waals surface area (Å²) in [5, 5.41) is 9.66. The van der Waals surface area contributed by atoms with Gasteiger partial charge in [0.1, 0.15) is 5.92 Å². The number of nitrogens with zero attached hydrogens (tertiary/aromatic N) is 2. The van der Waals surface area contributed by atoms with Crippen molar-refractivity contribution in [2.75, 3.05) is 6.61 Å². The van der Waals surface area contributed by atoms with Crippen molar-refractivity contribution in [1.82, 2.24) is 9.97 Å². The molecule has 1 saturated carbocycles. The first-order chi connectivity index (χ1) is 19.9. The molecule has 2 aliphatic rings. The van der Waals surface area contributed by atoms with Gasteiger partial charge in [-0.1, -0.05) is 116 Å². The van der Waals surface area contributed by atoms with Crippen LogP contribution in [0.25, 0.3) is 0 Å². The highest BCUT2D eigenvalue weighted by molar-refractivity contribution is 5.76. The molecule has 1 heterocycles. The third-order valence-electron chi connectivity index (χ3n) is 8.98. The number of aromatic nitrogens is 2. The van der Waals surface area contributed by atoms with Crippen LogP contribution in [-0.4, -0.2) is 27.7 Å². The quantitative estimate of drug-likeness (QED) is 0.167. The predicted octanol–water partition coefficient (Wildman–Crippen LogP) is 9.57. The van der Waals surface area contributed by atoms with Crippen molar-refractivity contribution in [3.63, 3.8) is 0 Å². The molecule has 2 unspecified atom stereocenters. The van der Waals surface area contributed by atoms with Gasteiger partial charge in [0.2, 0.25) is 5.67 Å². The van der Waals surface area contributed by atoms with Crippen LogP contribution in [-0.2, 0) is 21.6 Å². The summed E-state index contributed by atoms with van der Waals surface area (Å²) in [6, 6.07) is 0. The second kappa shape index (κ2) is 17.6. The lowest BCUT2D eigenvalue weighted by molar-refractivity contribution is -0.145. The molecule has 0 radical (unpaired) electrons. The monoisotopic (exact) mass is 574 g/mol. The van der Waals surface area contributed by atoms with Crippen LogP contribution >= 0.6 is 0 Å². The van der Waals surface area contributed by atoms with Gasteiger partial charge in [-0.05, 0) is 42.7 Å². The van der Waals surface area contributed by atoms with Crippen LogP contribution in [0, 0.1) is 17.8 Å². The average Bonchev–Trinajstić information content (AvgIpc) is 2.98. The zero-order valence-corrected chi connectivity index (χ0v) is 25.4. The number of allylic oxidation sites excluding steroid dienone is 2. The highest BCUT2D eigenvalue weighted by atomic mass is 19.2. The Kier molecular flexibility index (Phi) is 14.3. The van der Waals surface area contributed by atoms with Crippen LogP contribution in [0.15, 0.2) is 36.1 Å². The van der Waals surface area contributed by atoms with E-state index in [0.717, 1.165) is 62.5 Å². The minimum Gasteiger partial charge on any atom is -0.491 e. The van der Waals surface area contributed by atoms with E-state index >= 15 is 8.78 Å². The van der Waals surface area contributed by atoms with Gasteiger partial charge in [0.15, 0.2) is 17.4 Å². The predicted molar refractivity (Wildman–Crippen MR) is 160 cm³/mol. The number of rotatable bonds is 19. The molecule has 2 atom stereocenters. The Hall–Kier alpha value is -2.31. The Bertz CT molecular complexity index is 973. The van der Waals surface area contributed by atoms with Crippen LogP contribution in [0.5, 0.6) is 0 Å². The topological polar surface area (TPSA) is 72.3 Å². The van der Waals surface area contributed by atoms with Gasteiger partial charge in [-0.25, -0.2) is 18.7 Å². The fraction of sp³-hybridized carbons (Fsp3) is 0.735. The van der Waals surface area contributed by atoms with Gasteiger partial charge in [0.05, 0.1) is 6.61 Å². The molecule has 0 spiro atoms. The fourth-order valence-electron chi connectivity index (χ4n) is 6.26. The van der Waals surface area contributed by atoms with Gasteiger partial charge in [0, 0.05) is 12.4 Å². The molecule has 0 amide bonds. The van der Waals surface area contributed by atoms with Crippen LogP contribution in [0.4, 0.5) is 8.78 Å². The summed E-state index contributed by atoms with van der Waals surface area (Å²) in [4.78, 5) is 20.2. The Morgan fingerprint density at radius 2 is 1.46 bits per heavy atom. The fourth-order valence-corrected chi connectivity index (χ4v) is 6.26. The van der Waals surface area contributed by atoms with E-state index in [2.05, 4.69) is 23.8 Å². The highest BCUT2D eigenvalue weighted by Crippen LogP contribution is 2.45. The number of alkyl halides is 1. The lowest BCUT2D eigenvalue weighted by atomic mass is 9.78. The Morgan fingerprint density at radius 3 is 2.07 bits per heavy atom. The van der Waals surface area contributed by atoms with Crippen LogP contribution in [0.1, 0.15) is 134 Å². The minimum atomic E-state index is -3.01. The third kappa shape index (κ3) is 9.89. The van der Waals surface area contributed by atoms with E-state index in [1.54, 1.807) is 0 Å². The van der Waals surface area contributed by atoms with Crippen molar-refractivity contribution in [2.24, 2.45) is 17.8 Å². The Morgan fingerprint density at radius 1 is 0.902 bits per heavy atom. The third-order valence-corrected chi connectivity index (χ3v) is 8.98. The molecule has 3 rings (SSSR count). The maximum absolute atomic E-state index is 16.3. The van der Waals surface area contributed by atoms with E-state index in [4.69, 9.17) is 4.74 Å². The first kappa shape index (κ1) is 33.2. The summed E-state index contributed by atoms with van der Waals surface area (Å²) in [5.74, 6) is -3.72. The van der Waals surface area contributed by atoms with E-state index < -0.39 is 29.2 Å². The van der Waals surface area contributed by atoms with Gasteiger partial charge < -0.3 is 9.84 Å². The number of aryl methyl sites for hydroxylation is 1. The number of hydrogen-bond acceptors (Lipinski definition) is 4. The van der Waals surface area contributed by atoms with Crippen molar-refractivity contribution in [1.29, 1.82) is 0 Å². The van der Waals surface area contributed by atoms with E-state index in [-0.39, 0.29) is 12.4 Å². The molecule has 5 nitrogen and oxygen atoms in total. The summed E-state index contributed by atoms with van der Waals surface area (Å²) in [5.41, 5.74) is -2.15. The second-order valence-electron chi connectivity index (χ2n) is 12.2. The molecule has 41 heavy (non-hydrogen) atoms. The molecule has 2 aliphatic carbocycles. The van der Waals surface area contributed by atoms with Gasteiger partial charge in [-0.15, -0.1) is 0 Å². The van der Waals surface area contributed by atoms with Crippen LogP contribution < -0.4 is 0 Å². The van der Waals surface area contributed by atoms with Gasteiger partial charge in [0.25, 0.3) is 0 Å². The number of aliphatic carboxylic acids is 1. The maximum Gasteiger partial charge on any atom is 0.314 e. The molecule has 230 valence electrons. The first-order valence-electron chi connectivity index (χ1n) is 16.3. The van der Waals surface area contributed by atoms with E-state index in [1.807, 2.05) is 0 Å². The van der Waals surface area contributed by atoms with Gasteiger partial charge in [-0.2, -0.15) is 0 Å². The number of unbranched alkanes of at least 4 members (excludes halogenated alkanes) is 9. The summed E-state index contributed by atoms with van der Waals surface area (Å²) in [6.07, 6.45) is 26.6. The standard InChI is InChI=1S/C34H52F2N2O3/c1-3-5-7-9-11-13-23-41-30-22-21-29(32(39)40)34(36,31(30)35)33-37-24-28(25-38-33)20-19-27-17-15-26(16-18-27)14-12-10-8-6-4-2/h21-22,24-27,29H,3-20,23H2,1-2H3,(H,39,40)/t26-,27-,29?,34?. The normalized spacial score (nSPS) is 24.5. The van der Waals surface area contributed by atoms with Crippen LogP contribution in [0.2, 0.25) is 0 Å². The van der Waals surface area contributed by atoms with Crippen molar-refractivity contribution >= 4 is 5.97 Å². The van der Waals surface area contributed by atoms with Gasteiger partial charge >= 0.3 is 5.97 Å². The van der Waals surface area contributed by atoms with Gasteiger partial charge in [-0.3, -0.25) is 4.79 Å². The summed E-state index contributed by atoms with van der Waals surface area (Å²) in [6.45, 7) is 4.65. The number of halogens is 2. The molecule has 1 N–H and O–H groups in total. The number of carboxylic acid groups (broad SMARTS) is 1. The first-order valence-corrected chi connectivity index (χ1v) is 16.3. The molecule has 7 heteroatoms. The van der Waals surface area contributed by atoms with Crippen molar-refractivity contribution in [3.8, 4) is 0 Å². The number of carboxylic acids is 1. The van der Waals surface area contributed by atoms with E-state index in [0.29, 0.717) is 5.92 Å². The SMILES string of the molecule is CCCCCCCCOC1=C(F)C(F)(c2ncc(CC[C@H]3CC[C@H](CCCCCCC)CC3)cn2)C(C(=O)O)C=C1. The van der Waals surface area contributed by atoms with Crippen LogP contribution in [0.3, 0.4) is 0 Å². The molecule has 0 aromatic carbocycles. The molecular formula is C34H52F2N2O3. The number of carbonyl (C=O) groups is 1. The Balaban J connectivity index is 1.52. The molecule has 1 aromatic rings. The zero-order chi connectivity index (χ0) is 29.5. The maximum atomic E-state index is 16.3. The molecule has 1 fully saturated rings. The average molecular weight is 575 g/mol. The number of hydrogen-bond donors (Lipinski definition) is 1. The second-order valence-corrected chi connectivity index (χ2v) is 12.2. The van der Waals surface area contributed by atoms with E-state index in [9.17, 15) is 9.90 Å². The summed E-state index contributed by atoms with van der Waals surface area (Å²) < 4.78 is 37.4. The zero-order valence-electron chi connectivity index (χ0n) is 25.4. The van der Waals surface area contributed by atoms with E-state index in [1.165, 1.54) is 89.1 Å². The lowest BCUT2D eigenvalue weighted by Gasteiger charge is -2.30. The lowest BCUT2D eigenvalue weighted by Crippen LogP contribution is -2.39. The molecule has 1 aromatic heterocycles. The molecular weight excluding hydrogens is 522 g/mol. The summed E-state index contributed by atoms with van der Waals surface area (Å²) in [7, 11) is 0.